The summed E-state index contributed by atoms with van der Waals surface area (Å²) in [5.74, 6) is -1.29. The molecule has 2 rings (SSSR count). The fourth-order valence-corrected chi connectivity index (χ4v) is 1.67. The molecule has 1 aromatic carbocycles. The second-order valence-electron chi connectivity index (χ2n) is 3.88. The van der Waals surface area contributed by atoms with Crippen molar-refractivity contribution in [2.45, 2.75) is 13.0 Å². The third-order valence-corrected chi connectivity index (χ3v) is 2.51. The van der Waals surface area contributed by atoms with E-state index in [1.165, 1.54) is 24.3 Å². The lowest BCUT2D eigenvalue weighted by Crippen LogP contribution is -2.17. The lowest BCUT2D eigenvalue weighted by atomic mass is 10.1. The Hall–Kier alpha value is -2.15. The average Bonchev–Trinajstić information content (AvgIpc) is 2.38. The molecule has 0 aliphatic heterocycles. The number of ether oxygens (including phenoxy) is 1. The minimum atomic E-state index is -4.83. The van der Waals surface area contributed by atoms with E-state index in [2.05, 4.69) is 9.72 Å². The molecule has 0 saturated heterocycles. The van der Waals surface area contributed by atoms with Crippen molar-refractivity contribution in [1.82, 2.24) is 4.98 Å². The summed E-state index contributed by atoms with van der Waals surface area (Å²) in [6.07, 6.45) is -3.75. The fourth-order valence-electron chi connectivity index (χ4n) is 1.67. The minimum absolute atomic E-state index is 0.104. The van der Waals surface area contributed by atoms with E-state index < -0.39 is 24.7 Å². The number of halogens is 4. The van der Waals surface area contributed by atoms with Gasteiger partial charge in [0.15, 0.2) is 0 Å². The van der Waals surface area contributed by atoms with Crippen LogP contribution in [0, 0.1) is 5.95 Å². The van der Waals surface area contributed by atoms with Crippen LogP contribution in [0.4, 0.5) is 17.6 Å². The minimum Gasteiger partial charge on any atom is -0.405 e. The quantitative estimate of drug-likeness (QED) is 0.696. The molecule has 7 heteroatoms. The highest BCUT2D eigenvalue weighted by Gasteiger charge is 2.32. The summed E-state index contributed by atoms with van der Waals surface area (Å²) in [4.78, 5) is 3.40. The number of benzene rings is 1. The molecule has 0 aliphatic rings. The molecule has 3 nitrogen and oxygen atoms in total. The van der Waals surface area contributed by atoms with Crippen molar-refractivity contribution >= 4 is 0 Å². The van der Waals surface area contributed by atoms with Gasteiger partial charge in [-0.05, 0) is 12.1 Å². The molecule has 1 N–H and O–H groups in total. The van der Waals surface area contributed by atoms with Crippen molar-refractivity contribution in [2.75, 3.05) is 0 Å². The first kappa shape index (κ1) is 14.3. The zero-order valence-electron chi connectivity index (χ0n) is 9.99. The molecule has 2 aromatic rings. The van der Waals surface area contributed by atoms with Crippen LogP contribution in [0.25, 0.3) is 11.1 Å². The Morgan fingerprint density at radius 1 is 1.20 bits per heavy atom. The van der Waals surface area contributed by atoms with Gasteiger partial charge in [-0.25, -0.2) is 4.98 Å². The number of pyridine rings is 1. The van der Waals surface area contributed by atoms with Gasteiger partial charge < -0.3 is 9.84 Å². The molecule has 0 atom stereocenters. The molecule has 20 heavy (non-hydrogen) atoms. The van der Waals surface area contributed by atoms with E-state index in [9.17, 15) is 17.6 Å². The zero-order valence-corrected chi connectivity index (χ0v) is 9.99. The van der Waals surface area contributed by atoms with Gasteiger partial charge in [0.05, 0.1) is 6.61 Å². The summed E-state index contributed by atoms with van der Waals surface area (Å²) in [6, 6.07) is 6.65. The second kappa shape index (κ2) is 5.46. The van der Waals surface area contributed by atoms with Crippen LogP contribution in [0.3, 0.4) is 0 Å². The number of alkyl halides is 3. The first-order chi connectivity index (χ1) is 9.40. The molecule has 0 radical (unpaired) electrons. The Bertz CT molecular complexity index is 614. The molecule has 1 aromatic heterocycles. The summed E-state index contributed by atoms with van der Waals surface area (Å²) in [6.45, 7) is -0.602. The number of nitrogens with zero attached hydrogens (tertiary/aromatic N) is 1. The van der Waals surface area contributed by atoms with Crippen LogP contribution in [-0.2, 0) is 6.61 Å². The first-order valence-corrected chi connectivity index (χ1v) is 5.51. The highest BCUT2D eigenvalue weighted by molar-refractivity contribution is 5.70. The first-order valence-electron chi connectivity index (χ1n) is 5.51. The third kappa shape index (κ3) is 3.24. The normalized spacial score (nSPS) is 11.4. The zero-order chi connectivity index (χ0) is 14.8. The summed E-state index contributed by atoms with van der Waals surface area (Å²) >= 11 is 0. The summed E-state index contributed by atoms with van der Waals surface area (Å²) < 4.78 is 54.0. The second-order valence-corrected chi connectivity index (χ2v) is 3.88. The number of aliphatic hydroxyl groups excluding tert-OH is 1. The van der Waals surface area contributed by atoms with E-state index in [0.29, 0.717) is 0 Å². The standard InChI is InChI=1S/C13H9F4NO2/c14-12-9(7-19)5-8(6-18-12)10-3-1-2-4-11(10)20-13(15,16)17/h1-6,19H,7H2. The van der Waals surface area contributed by atoms with E-state index in [1.807, 2.05) is 0 Å². The third-order valence-electron chi connectivity index (χ3n) is 2.51. The Labute approximate surface area is 111 Å². The van der Waals surface area contributed by atoms with Crippen molar-refractivity contribution in [3.05, 3.63) is 48.0 Å². The molecule has 0 unspecified atom stereocenters. The highest BCUT2D eigenvalue weighted by Crippen LogP contribution is 2.33. The molecular weight excluding hydrogens is 278 g/mol. The van der Waals surface area contributed by atoms with Crippen LogP contribution >= 0.6 is 0 Å². The van der Waals surface area contributed by atoms with Gasteiger partial charge in [0.25, 0.3) is 0 Å². The van der Waals surface area contributed by atoms with Gasteiger partial charge in [-0.1, -0.05) is 18.2 Å². The van der Waals surface area contributed by atoms with Crippen LogP contribution in [-0.4, -0.2) is 16.5 Å². The fraction of sp³-hybridized carbons (Fsp3) is 0.154. The molecule has 0 spiro atoms. The van der Waals surface area contributed by atoms with Gasteiger partial charge in [0.1, 0.15) is 5.75 Å². The topological polar surface area (TPSA) is 42.4 Å². The van der Waals surface area contributed by atoms with E-state index >= 15 is 0 Å². The molecule has 0 saturated carbocycles. The van der Waals surface area contributed by atoms with Gasteiger partial charge in [0, 0.05) is 22.9 Å². The van der Waals surface area contributed by atoms with Crippen LogP contribution in [0.15, 0.2) is 36.5 Å². The van der Waals surface area contributed by atoms with Gasteiger partial charge in [-0.2, -0.15) is 4.39 Å². The number of aromatic nitrogens is 1. The molecule has 0 bridgehead atoms. The Morgan fingerprint density at radius 3 is 2.55 bits per heavy atom. The Kier molecular flexibility index (Phi) is 3.89. The Morgan fingerprint density at radius 2 is 1.90 bits per heavy atom. The van der Waals surface area contributed by atoms with Crippen LogP contribution < -0.4 is 4.74 Å². The molecule has 1 heterocycles. The van der Waals surface area contributed by atoms with Crippen LogP contribution in [0.2, 0.25) is 0 Å². The van der Waals surface area contributed by atoms with Crippen molar-refractivity contribution in [3.8, 4) is 16.9 Å². The molecule has 0 fully saturated rings. The lowest BCUT2D eigenvalue weighted by Gasteiger charge is -2.13. The lowest BCUT2D eigenvalue weighted by molar-refractivity contribution is -0.274. The average molecular weight is 287 g/mol. The maximum Gasteiger partial charge on any atom is 0.573 e. The number of para-hydroxylation sites is 1. The number of rotatable bonds is 3. The van der Waals surface area contributed by atoms with Crippen LogP contribution in [0.1, 0.15) is 5.56 Å². The van der Waals surface area contributed by atoms with E-state index in [1.54, 1.807) is 0 Å². The summed E-state index contributed by atoms with van der Waals surface area (Å²) in [5.41, 5.74) is 0.214. The van der Waals surface area contributed by atoms with E-state index in [0.717, 1.165) is 12.3 Å². The smallest absolute Gasteiger partial charge is 0.405 e. The highest BCUT2D eigenvalue weighted by atomic mass is 19.4. The number of aliphatic hydroxyl groups is 1. The molecular formula is C13H9F4NO2. The van der Waals surface area contributed by atoms with Gasteiger partial charge in [-0.3, -0.25) is 0 Å². The summed E-state index contributed by atoms with van der Waals surface area (Å²) in [7, 11) is 0. The molecule has 0 amide bonds. The van der Waals surface area contributed by atoms with Crippen molar-refractivity contribution in [1.29, 1.82) is 0 Å². The monoisotopic (exact) mass is 287 g/mol. The molecule has 0 aliphatic carbocycles. The number of hydrogen-bond donors (Lipinski definition) is 1. The van der Waals surface area contributed by atoms with Gasteiger partial charge in [0.2, 0.25) is 5.95 Å². The predicted octanol–water partition coefficient (Wildman–Crippen LogP) is 3.28. The van der Waals surface area contributed by atoms with Gasteiger partial charge in [-0.15, -0.1) is 13.2 Å². The van der Waals surface area contributed by atoms with Crippen molar-refractivity contribution in [3.63, 3.8) is 0 Å². The van der Waals surface area contributed by atoms with Crippen molar-refractivity contribution < 1.29 is 27.4 Å². The maximum atomic E-state index is 13.2. The molecule has 106 valence electrons. The maximum absolute atomic E-state index is 13.2. The van der Waals surface area contributed by atoms with Crippen molar-refractivity contribution in [2.24, 2.45) is 0 Å². The number of hydrogen-bond acceptors (Lipinski definition) is 3. The Balaban J connectivity index is 2.47. The summed E-state index contributed by atoms with van der Waals surface area (Å²) in [5, 5.41) is 8.95. The van der Waals surface area contributed by atoms with Gasteiger partial charge >= 0.3 is 6.36 Å². The SMILES string of the molecule is OCc1cc(-c2ccccc2OC(F)(F)F)cnc1F. The van der Waals surface area contributed by atoms with Crippen LogP contribution in [0.5, 0.6) is 5.75 Å². The van der Waals surface area contributed by atoms with E-state index in [-0.39, 0.29) is 16.7 Å². The largest absolute Gasteiger partial charge is 0.573 e. The predicted molar refractivity (Wildman–Crippen MR) is 62.2 cm³/mol. The van der Waals surface area contributed by atoms with E-state index in [4.69, 9.17) is 5.11 Å².